The average Bonchev–Trinajstić information content (AvgIpc) is 2.25. The molecule has 94 valence electrons. The predicted molar refractivity (Wildman–Crippen MR) is 63.3 cm³/mol. The Bertz CT molecular complexity index is 467. The molecule has 0 atom stereocenters. The average molecular weight is 258 g/mol. The SMILES string of the molecule is C=CCc1ccccc1OCCOS(=O)(=O)O. The number of allylic oxidation sites excluding steroid dienone is 1. The van der Waals surface area contributed by atoms with Gasteiger partial charge in [-0.1, -0.05) is 24.3 Å². The second-order valence-electron chi connectivity index (χ2n) is 3.20. The van der Waals surface area contributed by atoms with Crippen LogP contribution in [0.15, 0.2) is 36.9 Å². The first kappa shape index (κ1) is 13.7. The summed E-state index contributed by atoms with van der Waals surface area (Å²) in [5.74, 6) is 0.645. The number of benzene rings is 1. The van der Waals surface area contributed by atoms with Crippen molar-refractivity contribution in [2.75, 3.05) is 13.2 Å². The third-order valence-electron chi connectivity index (χ3n) is 1.91. The monoisotopic (exact) mass is 258 g/mol. The molecule has 0 aliphatic carbocycles. The van der Waals surface area contributed by atoms with E-state index < -0.39 is 10.4 Å². The molecular formula is C11H14O5S. The lowest BCUT2D eigenvalue weighted by atomic mass is 10.1. The summed E-state index contributed by atoms with van der Waals surface area (Å²) in [7, 11) is -4.40. The molecule has 0 aliphatic heterocycles. The van der Waals surface area contributed by atoms with Crippen LogP contribution < -0.4 is 4.74 Å². The molecule has 17 heavy (non-hydrogen) atoms. The Morgan fingerprint density at radius 2 is 2.00 bits per heavy atom. The lowest BCUT2D eigenvalue weighted by Crippen LogP contribution is -2.12. The van der Waals surface area contributed by atoms with Gasteiger partial charge in [-0.2, -0.15) is 8.42 Å². The van der Waals surface area contributed by atoms with Gasteiger partial charge in [0.15, 0.2) is 0 Å². The van der Waals surface area contributed by atoms with E-state index in [0.717, 1.165) is 5.56 Å². The van der Waals surface area contributed by atoms with Crippen LogP contribution in [0.4, 0.5) is 0 Å². The van der Waals surface area contributed by atoms with Gasteiger partial charge in [-0.15, -0.1) is 6.58 Å². The Balaban J connectivity index is 2.48. The molecule has 5 nitrogen and oxygen atoms in total. The lowest BCUT2D eigenvalue weighted by Gasteiger charge is -2.09. The Morgan fingerprint density at radius 3 is 2.65 bits per heavy atom. The van der Waals surface area contributed by atoms with E-state index in [1.165, 1.54) is 0 Å². The van der Waals surface area contributed by atoms with E-state index >= 15 is 0 Å². The van der Waals surface area contributed by atoms with Crippen LogP contribution in [0.5, 0.6) is 5.75 Å². The summed E-state index contributed by atoms with van der Waals surface area (Å²) < 4.78 is 38.4. The maximum Gasteiger partial charge on any atom is 0.397 e. The molecule has 0 saturated heterocycles. The maximum absolute atomic E-state index is 10.3. The number of hydrogen-bond acceptors (Lipinski definition) is 4. The first-order valence-electron chi connectivity index (χ1n) is 4.96. The molecule has 0 radical (unpaired) electrons. The van der Waals surface area contributed by atoms with E-state index in [4.69, 9.17) is 9.29 Å². The third-order valence-corrected chi connectivity index (χ3v) is 2.37. The summed E-state index contributed by atoms with van der Waals surface area (Å²) in [6, 6.07) is 7.35. The Morgan fingerprint density at radius 1 is 1.29 bits per heavy atom. The quantitative estimate of drug-likeness (QED) is 0.457. The molecule has 0 bridgehead atoms. The van der Waals surface area contributed by atoms with Crippen LogP contribution in [0, 0.1) is 0 Å². The fourth-order valence-corrected chi connectivity index (χ4v) is 1.54. The van der Waals surface area contributed by atoms with Crippen LogP contribution in [-0.2, 0) is 21.0 Å². The molecule has 6 heteroatoms. The summed E-state index contributed by atoms with van der Waals surface area (Å²) in [4.78, 5) is 0. The number of ether oxygens (including phenoxy) is 1. The Hall–Kier alpha value is -1.37. The van der Waals surface area contributed by atoms with Crippen molar-refractivity contribution < 1.29 is 21.9 Å². The van der Waals surface area contributed by atoms with Crippen LogP contribution in [0.2, 0.25) is 0 Å². The summed E-state index contributed by atoms with van der Waals surface area (Å²) in [5.41, 5.74) is 0.953. The van der Waals surface area contributed by atoms with Gasteiger partial charge in [0, 0.05) is 0 Å². The minimum absolute atomic E-state index is 0.0357. The normalized spacial score (nSPS) is 11.1. The van der Waals surface area contributed by atoms with E-state index in [1.54, 1.807) is 12.1 Å². The predicted octanol–water partition coefficient (Wildman–Crippen LogP) is 1.61. The minimum Gasteiger partial charge on any atom is -0.491 e. The van der Waals surface area contributed by atoms with Crippen molar-refractivity contribution in [1.82, 2.24) is 0 Å². The highest BCUT2D eigenvalue weighted by Gasteiger charge is 2.05. The zero-order valence-corrected chi connectivity index (χ0v) is 10.0. The molecule has 1 aromatic carbocycles. The highest BCUT2D eigenvalue weighted by atomic mass is 32.3. The fourth-order valence-electron chi connectivity index (χ4n) is 1.26. The van der Waals surface area contributed by atoms with E-state index in [1.807, 2.05) is 18.2 Å². The van der Waals surface area contributed by atoms with Gasteiger partial charge in [-0.3, -0.25) is 4.55 Å². The molecule has 0 aliphatic rings. The molecule has 1 aromatic rings. The molecule has 0 saturated carbocycles. The van der Waals surface area contributed by atoms with Gasteiger partial charge >= 0.3 is 10.4 Å². The zero-order valence-electron chi connectivity index (χ0n) is 9.20. The second-order valence-corrected chi connectivity index (χ2v) is 4.29. The largest absolute Gasteiger partial charge is 0.491 e. The van der Waals surface area contributed by atoms with Crippen molar-refractivity contribution in [3.63, 3.8) is 0 Å². The number of hydrogen-bond donors (Lipinski definition) is 1. The van der Waals surface area contributed by atoms with E-state index in [9.17, 15) is 8.42 Å². The third kappa shape index (κ3) is 5.48. The minimum atomic E-state index is -4.40. The van der Waals surface area contributed by atoms with Crippen molar-refractivity contribution in [2.45, 2.75) is 6.42 Å². The Labute approximate surface area is 101 Å². The Kier molecular flexibility index (Phi) is 5.14. The van der Waals surface area contributed by atoms with E-state index in [-0.39, 0.29) is 13.2 Å². The van der Waals surface area contributed by atoms with Crippen LogP contribution in [0.25, 0.3) is 0 Å². The van der Waals surface area contributed by atoms with Crippen molar-refractivity contribution >= 4 is 10.4 Å². The van der Waals surface area contributed by atoms with Gasteiger partial charge < -0.3 is 4.74 Å². The molecule has 1 rings (SSSR count). The van der Waals surface area contributed by atoms with Gasteiger partial charge in [0.1, 0.15) is 19.0 Å². The van der Waals surface area contributed by atoms with E-state index in [0.29, 0.717) is 12.2 Å². The lowest BCUT2D eigenvalue weighted by molar-refractivity contribution is 0.201. The van der Waals surface area contributed by atoms with Gasteiger partial charge in [-0.05, 0) is 18.1 Å². The van der Waals surface area contributed by atoms with Crippen molar-refractivity contribution in [2.24, 2.45) is 0 Å². The molecule has 0 heterocycles. The van der Waals surface area contributed by atoms with Crippen molar-refractivity contribution in [1.29, 1.82) is 0 Å². The fraction of sp³-hybridized carbons (Fsp3) is 0.273. The summed E-state index contributed by atoms with van der Waals surface area (Å²) in [6.45, 7) is 3.43. The highest BCUT2D eigenvalue weighted by molar-refractivity contribution is 7.80. The summed E-state index contributed by atoms with van der Waals surface area (Å²) >= 11 is 0. The molecule has 1 N–H and O–H groups in total. The molecule has 0 aromatic heterocycles. The smallest absolute Gasteiger partial charge is 0.397 e. The zero-order chi connectivity index (χ0) is 12.7. The van der Waals surface area contributed by atoms with Crippen LogP contribution >= 0.6 is 0 Å². The second kappa shape index (κ2) is 6.39. The van der Waals surface area contributed by atoms with Crippen molar-refractivity contribution in [3.05, 3.63) is 42.5 Å². The number of rotatable bonds is 7. The molecule has 0 spiro atoms. The summed E-state index contributed by atoms with van der Waals surface area (Å²) in [6.07, 6.45) is 2.41. The van der Waals surface area contributed by atoms with E-state index in [2.05, 4.69) is 10.8 Å². The van der Waals surface area contributed by atoms with Gasteiger partial charge in [0.05, 0.1) is 0 Å². The van der Waals surface area contributed by atoms with Crippen LogP contribution in [0.1, 0.15) is 5.56 Å². The molecular weight excluding hydrogens is 244 g/mol. The standard InChI is InChI=1S/C11H14O5S/c1-2-5-10-6-3-4-7-11(10)15-8-9-16-17(12,13)14/h2-4,6-7H,1,5,8-9H2,(H,12,13,14). The van der Waals surface area contributed by atoms with Crippen LogP contribution in [-0.4, -0.2) is 26.2 Å². The molecule has 0 fully saturated rings. The molecule has 0 amide bonds. The van der Waals surface area contributed by atoms with Gasteiger partial charge in [0.2, 0.25) is 0 Å². The van der Waals surface area contributed by atoms with Gasteiger partial charge in [-0.25, -0.2) is 4.18 Å². The van der Waals surface area contributed by atoms with Gasteiger partial charge in [0.25, 0.3) is 0 Å². The first-order valence-corrected chi connectivity index (χ1v) is 6.33. The molecule has 0 unspecified atom stereocenters. The summed E-state index contributed by atoms with van der Waals surface area (Å²) in [5, 5.41) is 0. The van der Waals surface area contributed by atoms with Crippen molar-refractivity contribution in [3.8, 4) is 5.75 Å². The highest BCUT2D eigenvalue weighted by Crippen LogP contribution is 2.18. The maximum atomic E-state index is 10.3. The van der Waals surface area contributed by atoms with Crippen LogP contribution in [0.3, 0.4) is 0 Å². The first-order chi connectivity index (χ1) is 8.03. The number of para-hydroxylation sites is 1. The topological polar surface area (TPSA) is 72.8 Å².